The second kappa shape index (κ2) is 12.9. The van der Waals surface area contributed by atoms with Crippen LogP contribution >= 0.6 is 0 Å². The molecule has 2 aliphatic heterocycles. The van der Waals surface area contributed by atoms with Crippen molar-refractivity contribution in [3.63, 3.8) is 0 Å². The number of benzene rings is 1. The third-order valence-electron chi connectivity index (χ3n) is 8.11. The maximum absolute atomic E-state index is 14.7. The molecule has 2 aromatic heterocycles. The Bertz CT molecular complexity index is 1540. The maximum Gasteiger partial charge on any atom is 0.429 e. The van der Waals surface area contributed by atoms with E-state index in [2.05, 4.69) is 20.4 Å². The number of aromatic nitrogens is 4. The van der Waals surface area contributed by atoms with Crippen LogP contribution in [-0.2, 0) is 14.3 Å². The van der Waals surface area contributed by atoms with Gasteiger partial charge in [0.05, 0.1) is 30.2 Å². The molecule has 2 aliphatic rings. The highest BCUT2D eigenvalue weighted by atomic mass is 19.4. The fourth-order valence-corrected chi connectivity index (χ4v) is 5.86. The number of halogens is 3. The van der Waals surface area contributed by atoms with Crippen LogP contribution in [0.15, 0.2) is 36.5 Å². The summed E-state index contributed by atoms with van der Waals surface area (Å²) in [6, 6.07) is 6.45. The molecule has 0 bridgehead atoms. The van der Waals surface area contributed by atoms with Crippen LogP contribution in [-0.4, -0.2) is 76.8 Å². The van der Waals surface area contributed by atoms with E-state index < -0.39 is 18.2 Å². The monoisotopic (exact) mass is 631 g/mol. The molecule has 5 rings (SSSR count). The fourth-order valence-electron chi connectivity index (χ4n) is 5.86. The number of esters is 2. The van der Waals surface area contributed by atoms with Gasteiger partial charge in [-0.2, -0.15) is 28.2 Å². The molecule has 1 aromatic carbocycles. The van der Waals surface area contributed by atoms with E-state index in [0.29, 0.717) is 44.2 Å². The zero-order valence-electron chi connectivity index (χ0n) is 25.3. The van der Waals surface area contributed by atoms with Gasteiger partial charge >= 0.3 is 18.1 Å². The van der Waals surface area contributed by atoms with E-state index in [9.17, 15) is 22.8 Å². The number of nitrogen functional groups attached to an aromatic ring is 1. The van der Waals surface area contributed by atoms with Crippen LogP contribution in [0.25, 0.3) is 5.69 Å². The smallest absolute Gasteiger partial charge is 0.429 e. The molecule has 242 valence electrons. The third-order valence-corrected chi connectivity index (χ3v) is 8.11. The van der Waals surface area contributed by atoms with E-state index in [1.54, 1.807) is 26.8 Å². The van der Waals surface area contributed by atoms with Gasteiger partial charge in [0.1, 0.15) is 11.9 Å². The Balaban J connectivity index is 1.41. The van der Waals surface area contributed by atoms with E-state index in [4.69, 9.17) is 19.9 Å². The van der Waals surface area contributed by atoms with Crippen LogP contribution in [0.2, 0.25) is 0 Å². The SMILES string of the molecule is CCOC(=O)c1ccc(-n2ccc(C)n2)c([C@@H](Oc2cc(N3CCC4(CC3)CN[C@H](C(=O)OCC)C4)nc(N)n2)C(F)(F)F)c1. The predicted molar refractivity (Wildman–Crippen MR) is 157 cm³/mol. The summed E-state index contributed by atoms with van der Waals surface area (Å²) in [4.78, 5) is 34.9. The molecule has 0 amide bonds. The Morgan fingerprint density at radius 3 is 2.49 bits per heavy atom. The van der Waals surface area contributed by atoms with Gasteiger partial charge in [-0.1, -0.05) is 0 Å². The first-order valence-electron chi connectivity index (χ1n) is 14.8. The lowest BCUT2D eigenvalue weighted by Gasteiger charge is -2.39. The van der Waals surface area contributed by atoms with Gasteiger partial charge in [-0.15, -0.1) is 0 Å². The van der Waals surface area contributed by atoms with E-state index in [1.165, 1.54) is 29.1 Å². The maximum atomic E-state index is 14.7. The number of ether oxygens (including phenoxy) is 3. The van der Waals surface area contributed by atoms with E-state index in [1.807, 2.05) is 4.90 Å². The Kier molecular flexibility index (Phi) is 9.18. The zero-order valence-corrected chi connectivity index (χ0v) is 25.3. The average molecular weight is 632 g/mol. The Morgan fingerprint density at radius 2 is 1.84 bits per heavy atom. The average Bonchev–Trinajstić information content (AvgIpc) is 3.62. The molecule has 15 heteroatoms. The Morgan fingerprint density at radius 1 is 1.11 bits per heavy atom. The molecule has 0 aliphatic carbocycles. The molecule has 0 radical (unpaired) electrons. The number of carbonyl (C=O) groups excluding carboxylic acids is 2. The normalized spacial score (nSPS) is 18.5. The van der Waals surface area contributed by atoms with Crippen LogP contribution < -0.4 is 20.7 Å². The summed E-state index contributed by atoms with van der Waals surface area (Å²) in [5.74, 6) is -1.35. The second-order valence-electron chi connectivity index (χ2n) is 11.2. The minimum absolute atomic E-state index is 0.0522. The lowest BCUT2D eigenvalue weighted by molar-refractivity contribution is -0.198. The van der Waals surface area contributed by atoms with Gasteiger partial charge in [0.25, 0.3) is 0 Å². The largest absolute Gasteiger partial charge is 0.465 e. The van der Waals surface area contributed by atoms with Gasteiger partial charge in [0.15, 0.2) is 0 Å². The molecule has 0 saturated carbocycles. The predicted octanol–water partition coefficient (Wildman–Crippen LogP) is 3.92. The first-order chi connectivity index (χ1) is 21.4. The van der Waals surface area contributed by atoms with Crippen molar-refractivity contribution in [1.82, 2.24) is 25.1 Å². The van der Waals surface area contributed by atoms with E-state index in [0.717, 1.165) is 18.9 Å². The summed E-state index contributed by atoms with van der Waals surface area (Å²) in [5, 5.41) is 7.52. The summed E-state index contributed by atoms with van der Waals surface area (Å²) in [6.45, 7) is 7.19. The summed E-state index contributed by atoms with van der Waals surface area (Å²) in [6.07, 6.45) is -3.83. The molecule has 2 saturated heterocycles. The molecule has 1 spiro atoms. The standard InChI is InChI=1S/C30H36F3N7O5/c1-4-43-26(41)19-6-7-22(40-11-8-18(3)38-40)20(14-19)25(30(31,32)33)45-24-15-23(36-28(34)37-24)39-12-9-29(10-13-39)16-21(35-17-29)27(42)44-5-2/h6-8,11,14-15,21,25,35H,4-5,9-10,12-13,16-17H2,1-3H3,(H2,34,36,37)/t21-,25+/m0/s1. The second-order valence-corrected chi connectivity index (χ2v) is 11.2. The van der Waals surface area contributed by atoms with Crippen molar-refractivity contribution in [1.29, 1.82) is 0 Å². The number of aryl methyl sites for hydroxylation is 1. The van der Waals surface area contributed by atoms with Crippen molar-refractivity contribution >= 4 is 23.7 Å². The molecule has 4 heterocycles. The van der Waals surface area contributed by atoms with Crippen molar-refractivity contribution in [2.24, 2.45) is 5.41 Å². The number of hydrogen-bond donors (Lipinski definition) is 2. The van der Waals surface area contributed by atoms with Crippen LogP contribution in [0, 0.1) is 12.3 Å². The van der Waals surface area contributed by atoms with Crippen LogP contribution in [0.1, 0.15) is 60.8 Å². The first-order valence-corrected chi connectivity index (χ1v) is 14.8. The summed E-state index contributed by atoms with van der Waals surface area (Å²) < 4.78 is 61.3. The highest BCUT2D eigenvalue weighted by Gasteiger charge is 2.46. The number of hydrogen-bond acceptors (Lipinski definition) is 11. The van der Waals surface area contributed by atoms with Gasteiger partial charge in [-0.25, -0.2) is 9.48 Å². The molecule has 12 nitrogen and oxygen atoms in total. The van der Waals surface area contributed by atoms with Crippen molar-refractivity contribution < 1.29 is 37.0 Å². The molecule has 45 heavy (non-hydrogen) atoms. The molecule has 2 atom stereocenters. The topological polar surface area (TPSA) is 147 Å². The van der Waals surface area contributed by atoms with Gasteiger partial charge < -0.3 is 30.2 Å². The third kappa shape index (κ3) is 7.13. The summed E-state index contributed by atoms with van der Waals surface area (Å²) in [5.41, 5.74) is 6.07. The van der Waals surface area contributed by atoms with Crippen LogP contribution in [0.4, 0.5) is 24.9 Å². The Labute approximate surface area is 258 Å². The highest BCUT2D eigenvalue weighted by molar-refractivity contribution is 5.90. The van der Waals surface area contributed by atoms with Crippen LogP contribution in [0.5, 0.6) is 5.88 Å². The molecule has 3 N–H and O–H groups in total. The molecule has 3 aromatic rings. The number of nitrogens with zero attached hydrogens (tertiary/aromatic N) is 5. The summed E-state index contributed by atoms with van der Waals surface area (Å²) >= 11 is 0. The molecular formula is C30H36F3N7O5. The number of piperidine rings is 1. The van der Waals surface area contributed by atoms with Crippen molar-refractivity contribution in [2.45, 2.75) is 58.4 Å². The van der Waals surface area contributed by atoms with Crippen LogP contribution in [0.3, 0.4) is 0 Å². The first kappa shape index (κ1) is 32.0. The molecular weight excluding hydrogens is 595 g/mol. The number of anilines is 2. The number of alkyl halides is 3. The van der Waals surface area contributed by atoms with E-state index >= 15 is 0 Å². The molecule has 2 fully saturated rings. The van der Waals surface area contributed by atoms with Gasteiger partial charge in [0.2, 0.25) is 17.9 Å². The minimum atomic E-state index is -4.92. The van der Waals surface area contributed by atoms with Gasteiger partial charge in [0, 0.05) is 37.5 Å². The van der Waals surface area contributed by atoms with Crippen molar-refractivity contribution in [3.05, 3.63) is 53.3 Å². The number of rotatable bonds is 9. The van der Waals surface area contributed by atoms with E-state index in [-0.39, 0.29) is 52.7 Å². The zero-order chi connectivity index (χ0) is 32.4. The van der Waals surface area contributed by atoms with Crippen molar-refractivity contribution in [3.8, 4) is 11.6 Å². The number of carbonyl (C=O) groups is 2. The Hall–Kier alpha value is -4.40. The van der Waals surface area contributed by atoms with Gasteiger partial charge in [-0.05, 0) is 69.7 Å². The minimum Gasteiger partial charge on any atom is -0.465 e. The quantitative estimate of drug-likeness (QED) is 0.331. The van der Waals surface area contributed by atoms with Crippen molar-refractivity contribution in [2.75, 3.05) is 43.5 Å². The lowest BCUT2D eigenvalue weighted by atomic mass is 9.76. The highest BCUT2D eigenvalue weighted by Crippen LogP contribution is 2.42. The number of nitrogens with one attached hydrogen (secondary N) is 1. The fraction of sp³-hybridized carbons (Fsp3) is 0.500. The number of nitrogens with two attached hydrogens (primary N) is 1. The molecule has 0 unspecified atom stereocenters. The van der Waals surface area contributed by atoms with Gasteiger partial charge in [-0.3, -0.25) is 4.79 Å². The summed E-state index contributed by atoms with van der Waals surface area (Å²) in [7, 11) is 0. The lowest BCUT2D eigenvalue weighted by Crippen LogP contribution is -2.41.